The number of rotatable bonds is 3. The van der Waals surface area contributed by atoms with Crippen molar-refractivity contribution in [3.05, 3.63) is 64.7 Å². The van der Waals surface area contributed by atoms with Crippen LogP contribution in [0.1, 0.15) is 46.8 Å². The maximum absolute atomic E-state index is 12.5. The predicted molar refractivity (Wildman–Crippen MR) is 85.5 cm³/mol. The van der Waals surface area contributed by atoms with Crippen LogP contribution >= 0.6 is 0 Å². The van der Waals surface area contributed by atoms with Gasteiger partial charge in [0.25, 0.3) is 5.91 Å². The molecule has 0 saturated carbocycles. The van der Waals surface area contributed by atoms with Crippen LogP contribution in [0.2, 0.25) is 0 Å². The van der Waals surface area contributed by atoms with Crippen molar-refractivity contribution in [2.24, 2.45) is 0 Å². The van der Waals surface area contributed by atoms with Crippen molar-refractivity contribution in [1.82, 2.24) is 5.32 Å². The zero-order valence-corrected chi connectivity index (χ0v) is 12.4. The SMILES string of the molecule is CC(C)c1ccccc1NC(=O)c1ccc2c(c1)CNC2. The first-order chi connectivity index (χ1) is 10.1. The highest BCUT2D eigenvalue weighted by atomic mass is 16.1. The highest BCUT2D eigenvalue weighted by Crippen LogP contribution is 2.24. The molecule has 1 amide bonds. The second-order valence-electron chi connectivity index (χ2n) is 5.78. The van der Waals surface area contributed by atoms with Gasteiger partial charge in [-0.05, 0) is 40.8 Å². The van der Waals surface area contributed by atoms with Gasteiger partial charge in [0.2, 0.25) is 0 Å². The summed E-state index contributed by atoms with van der Waals surface area (Å²) in [6.45, 7) is 6.00. The van der Waals surface area contributed by atoms with Crippen molar-refractivity contribution in [3.8, 4) is 0 Å². The summed E-state index contributed by atoms with van der Waals surface area (Å²) in [5.41, 5.74) is 5.29. The van der Waals surface area contributed by atoms with Gasteiger partial charge in [-0.25, -0.2) is 0 Å². The number of hydrogen-bond acceptors (Lipinski definition) is 2. The van der Waals surface area contributed by atoms with E-state index in [9.17, 15) is 4.79 Å². The Balaban J connectivity index is 1.84. The van der Waals surface area contributed by atoms with Crippen LogP contribution in [0.25, 0.3) is 0 Å². The van der Waals surface area contributed by atoms with Crippen LogP contribution in [0.15, 0.2) is 42.5 Å². The number of hydrogen-bond donors (Lipinski definition) is 2. The fourth-order valence-electron chi connectivity index (χ4n) is 2.74. The Kier molecular flexibility index (Phi) is 3.76. The summed E-state index contributed by atoms with van der Waals surface area (Å²) < 4.78 is 0. The van der Waals surface area contributed by atoms with Gasteiger partial charge in [-0.15, -0.1) is 0 Å². The molecule has 108 valence electrons. The molecule has 0 unspecified atom stereocenters. The molecule has 2 aromatic rings. The van der Waals surface area contributed by atoms with Crippen molar-refractivity contribution in [3.63, 3.8) is 0 Å². The molecule has 0 spiro atoms. The number of amides is 1. The first-order valence-electron chi connectivity index (χ1n) is 7.38. The first kappa shape index (κ1) is 13.8. The molecule has 3 rings (SSSR count). The highest BCUT2D eigenvalue weighted by Gasteiger charge is 2.15. The van der Waals surface area contributed by atoms with Crippen LogP contribution in [-0.2, 0) is 13.1 Å². The molecule has 0 atom stereocenters. The minimum atomic E-state index is -0.0437. The number of benzene rings is 2. The third-order valence-electron chi connectivity index (χ3n) is 3.93. The Bertz CT molecular complexity index is 677. The number of nitrogens with one attached hydrogen (secondary N) is 2. The molecule has 2 aromatic carbocycles. The Labute approximate surface area is 125 Å². The predicted octanol–water partition coefficient (Wildman–Crippen LogP) is 3.67. The van der Waals surface area contributed by atoms with Crippen LogP contribution in [-0.4, -0.2) is 5.91 Å². The van der Waals surface area contributed by atoms with Crippen molar-refractivity contribution in [1.29, 1.82) is 0 Å². The van der Waals surface area contributed by atoms with Gasteiger partial charge in [-0.3, -0.25) is 4.79 Å². The Morgan fingerprint density at radius 1 is 1.10 bits per heavy atom. The second kappa shape index (κ2) is 5.70. The fourth-order valence-corrected chi connectivity index (χ4v) is 2.74. The molecule has 3 heteroatoms. The smallest absolute Gasteiger partial charge is 0.255 e. The highest BCUT2D eigenvalue weighted by molar-refractivity contribution is 6.04. The quantitative estimate of drug-likeness (QED) is 0.900. The summed E-state index contributed by atoms with van der Waals surface area (Å²) in [4.78, 5) is 12.5. The maximum Gasteiger partial charge on any atom is 0.255 e. The minimum absolute atomic E-state index is 0.0437. The molecule has 0 aliphatic carbocycles. The maximum atomic E-state index is 12.5. The average molecular weight is 280 g/mol. The van der Waals surface area contributed by atoms with E-state index in [2.05, 4.69) is 30.5 Å². The average Bonchev–Trinajstić information content (AvgIpc) is 2.94. The summed E-state index contributed by atoms with van der Waals surface area (Å²) in [5, 5.41) is 6.34. The van der Waals surface area contributed by atoms with E-state index in [4.69, 9.17) is 0 Å². The molecular formula is C18H20N2O. The third kappa shape index (κ3) is 2.83. The summed E-state index contributed by atoms with van der Waals surface area (Å²) >= 11 is 0. The molecule has 21 heavy (non-hydrogen) atoms. The molecule has 0 bridgehead atoms. The van der Waals surface area contributed by atoms with Crippen LogP contribution in [0.4, 0.5) is 5.69 Å². The summed E-state index contributed by atoms with van der Waals surface area (Å²) in [5.74, 6) is 0.337. The molecule has 2 N–H and O–H groups in total. The van der Waals surface area contributed by atoms with Crippen molar-refractivity contribution in [2.45, 2.75) is 32.9 Å². The third-order valence-corrected chi connectivity index (χ3v) is 3.93. The van der Waals surface area contributed by atoms with Gasteiger partial charge in [0.05, 0.1) is 0 Å². The van der Waals surface area contributed by atoms with Gasteiger partial charge in [0.1, 0.15) is 0 Å². The molecule has 0 aromatic heterocycles. The molecular weight excluding hydrogens is 260 g/mol. The van der Waals surface area contributed by atoms with E-state index in [0.29, 0.717) is 5.92 Å². The zero-order valence-electron chi connectivity index (χ0n) is 12.4. The van der Waals surface area contributed by atoms with Gasteiger partial charge >= 0.3 is 0 Å². The molecule has 3 nitrogen and oxygen atoms in total. The molecule has 0 saturated heterocycles. The van der Waals surface area contributed by atoms with Crippen molar-refractivity contribution < 1.29 is 4.79 Å². The van der Waals surface area contributed by atoms with E-state index in [0.717, 1.165) is 29.9 Å². The summed E-state index contributed by atoms with van der Waals surface area (Å²) in [6, 6.07) is 13.9. The van der Waals surface area contributed by atoms with Gasteiger partial charge in [0.15, 0.2) is 0 Å². The van der Waals surface area contributed by atoms with Crippen LogP contribution < -0.4 is 10.6 Å². The van der Waals surface area contributed by atoms with Crippen LogP contribution in [0.5, 0.6) is 0 Å². The Morgan fingerprint density at radius 3 is 2.67 bits per heavy atom. The lowest BCUT2D eigenvalue weighted by molar-refractivity contribution is 0.102. The molecule has 1 heterocycles. The number of carbonyl (C=O) groups excluding carboxylic acids is 1. The summed E-state index contributed by atoms with van der Waals surface area (Å²) in [6.07, 6.45) is 0. The monoisotopic (exact) mass is 280 g/mol. The van der Waals surface area contributed by atoms with Gasteiger partial charge < -0.3 is 10.6 Å². The van der Waals surface area contributed by atoms with Crippen LogP contribution in [0, 0.1) is 0 Å². The molecule has 0 fully saturated rings. The van der Waals surface area contributed by atoms with E-state index >= 15 is 0 Å². The molecule has 1 aliphatic rings. The topological polar surface area (TPSA) is 41.1 Å². The number of carbonyl (C=O) groups is 1. The van der Waals surface area contributed by atoms with E-state index < -0.39 is 0 Å². The van der Waals surface area contributed by atoms with E-state index in [1.807, 2.05) is 36.4 Å². The van der Waals surface area contributed by atoms with Crippen LogP contribution in [0.3, 0.4) is 0 Å². The van der Waals surface area contributed by atoms with E-state index in [1.165, 1.54) is 11.1 Å². The lowest BCUT2D eigenvalue weighted by Gasteiger charge is -2.14. The van der Waals surface area contributed by atoms with E-state index in [-0.39, 0.29) is 5.91 Å². The minimum Gasteiger partial charge on any atom is -0.322 e. The standard InChI is InChI=1S/C18H20N2O/c1-12(2)16-5-3-4-6-17(16)20-18(21)13-7-8-14-10-19-11-15(14)9-13/h3-9,12,19H,10-11H2,1-2H3,(H,20,21). The second-order valence-corrected chi connectivity index (χ2v) is 5.78. The van der Waals surface area contributed by atoms with Crippen molar-refractivity contribution >= 4 is 11.6 Å². The van der Waals surface area contributed by atoms with E-state index in [1.54, 1.807) is 0 Å². The normalized spacial score (nSPS) is 13.3. The number of para-hydroxylation sites is 1. The number of fused-ring (bicyclic) bond motifs is 1. The van der Waals surface area contributed by atoms with Crippen molar-refractivity contribution in [2.75, 3.05) is 5.32 Å². The molecule has 1 aliphatic heterocycles. The number of anilines is 1. The zero-order chi connectivity index (χ0) is 14.8. The first-order valence-corrected chi connectivity index (χ1v) is 7.38. The molecule has 0 radical (unpaired) electrons. The Hall–Kier alpha value is -2.13. The largest absolute Gasteiger partial charge is 0.322 e. The Morgan fingerprint density at radius 2 is 1.86 bits per heavy atom. The lowest BCUT2D eigenvalue weighted by Crippen LogP contribution is -2.14. The lowest BCUT2D eigenvalue weighted by atomic mass is 10.0. The van der Waals surface area contributed by atoms with Gasteiger partial charge in [0, 0.05) is 24.3 Å². The fraction of sp³-hybridized carbons (Fsp3) is 0.278. The van der Waals surface area contributed by atoms with Gasteiger partial charge in [-0.1, -0.05) is 38.1 Å². The summed E-state index contributed by atoms with van der Waals surface area (Å²) in [7, 11) is 0. The van der Waals surface area contributed by atoms with Gasteiger partial charge in [-0.2, -0.15) is 0 Å².